The lowest BCUT2D eigenvalue weighted by Gasteiger charge is -2.12. The number of rotatable bonds is 7. The molecule has 0 fully saturated rings. The van der Waals surface area contributed by atoms with Crippen LogP contribution in [0.1, 0.15) is 22.3 Å². The Morgan fingerprint density at radius 1 is 1.10 bits per heavy atom. The number of hydrogen-bond acceptors (Lipinski definition) is 6. The zero-order valence-corrected chi connectivity index (χ0v) is 15.8. The molecule has 2 N–H and O–H groups in total. The molecule has 0 spiro atoms. The minimum absolute atomic E-state index is 0.0906. The first-order valence-corrected chi connectivity index (χ1v) is 8.97. The highest BCUT2D eigenvalue weighted by molar-refractivity contribution is 6.34. The molecule has 0 saturated carbocycles. The summed E-state index contributed by atoms with van der Waals surface area (Å²) < 4.78 is 10.6. The molecular formula is C20H16ClN2O6-. The monoisotopic (exact) mass is 415 g/mol. The average Bonchev–Trinajstić information content (AvgIpc) is 3.15. The second-order valence-corrected chi connectivity index (χ2v) is 6.39. The van der Waals surface area contributed by atoms with Crippen molar-refractivity contribution in [2.75, 3.05) is 13.3 Å². The minimum atomic E-state index is -1.30. The van der Waals surface area contributed by atoms with Crippen LogP contribution in [0.2, 0.25) is 5.02 Å². The molecule has 2 aromatic rings. The van der Waals surface area contributed by atoms with E-state index in [2.05, 4.69) is 10.6 Å². The van der Waals surface area contributed by atoms with E-state index < -0.39 is 17.8 Å². The third-order valence-corrected chi connectivity index (χ3v) is 4.26. The van der Waals surface area contributed by atoms with Crippen LogP contribution in [-0.4, -0.2) is 31.1 Å². The van der Waals surface area contributed by atoms with Crippen LogP contribution in [-0.2, 0) is 9.59 Å². The van der Waals surface area contributed by atoms with E-state index >= 15 is 0 Å². The van der Waals surface area contributed by atoms with Gasteiger partial charge in [0.1, 0.15) is 5.70 Å². The Morgan fingerprint density at radius 3 is 2.62 bits per heavy atom. The van der Waals surface area contributed by atoms with Gasteiger partial charge in [-0.15, -0.1) is 0 Å². The average molecular weight is 416 g/mol. The fourth-order valence-electron chi connectivity index (χ4n) is 2.54. The topological polar surface area (TPSA) is 117 Å². The maximum absolute atomic E-state index is 12.6. The molecule has 0 bridgehead atoms. The Kier molecular flexibility index (Phi) is 6.36. The normalized spacial score (nSPS) is 12.4. The molecule has 1 aliphatic heterocycles. The van der Waals surface area contributed by atoms with E-state index in [0.717, 1.165) is 0 Å². The number of carbonyl (C=O) groups is 3. The highest BCUT2D eigenvalue weighted by atomic mass is 35.5. The second-order valence-electron chi connectivity index (χ2n) is 5.98. The third-order valence-electron chi connectivity index (χ3n) is 3.93. The molecule has 1 heterocycles. The lowest BCUT2D eigenvalue weighted by molar-refractivity contribution is -0.305. The van der Waals surface area contributed by atoms with Crippen molar-refractivity contribution in [2.24, 2.45) is 0 Å². The molecule has 8 nitrogen and oxygen atoms in total. The van der Waals surface area contributed by atoms with Gasteiger partial charge < -0.3 is 30.0 Å². The summed E-state index contributed by atoms with van der Waals surface area (Å²) in [5.41, 5.74) is 0.666. The van der Waals surface area contributed by atoms with Crippen LogP contribution in [0.4, 0.5) is 0 Å². The fraction of sp³-hybridized carbons (Fsp3) is 0.150. The van der Waals surface area contributed by atoms with E-state index in [1.165, 1.54) is 12.1 Å². The first-order chi connectivity index (χ1) is 13.9. The van der Waals surface area contributed by atoms with Crippen molar-refractivity contribution in [3.63, 3.8) is 0 Å². The quantitative estimate of drug-likeness (QED) is 0.654. The van der Waals surface area contributed by atoms with Crippen LogP contribution < -0.4 is 25.2 Å². The van der Waals surface area contributed by atoms with Gasteiger partial charge in [-0.3, -0.25) is 9.59 Å². The molecule has 0 aliphatic carbocycles. The summed E-state index contributed by atoms with van der Waals surface area (Å²) in [6.07, 6.45) is 1.08. The van der Waals surface area contributed by atoms with Crippen molar-refractivity contribution in [3.05, 3.63) is 64.3 Å². The number of ether oxygens (including phenoxy) is 2. The van der Waals surface area contributed by atoms with E-state index in [-0.39, 0.29) is 36.0 Å². The molecule has 0 atom stereocenters. The van der Waals surface area contributed by atoms with Crippen molar-refractivity contribution >= 4 is 35.5 Å². The predicted molar refractivity (Wildman–Crippen MR) is 102 cm³/mol. The summed E-state index contributed by atoms with van der Waals surface area (Å²) in [6, 6.07) is 11.4. The number of nitrogens with one attached hydrogen (secondary N) is 2. The smallest absolute Gasteiger partial charge is 0.267 e. The molecule has 0 aromatic heterocycles. The molecule has 9 heteroatoms. The minimum Gasteiger partial charge on any atom is -0.550 e. The van der Waals surface area contributed by atoms with Crippen molar-refractivity contribution < 1.29 is 29.0 Å². The maximum Gasteiger partial charge on any atom is 0.267 e. The van der Waals surface area contributed by atoms with E-state index in [0.29, 0.717) is 17.1 Å². The molecule has 0 saturated heterocycles. The van der Waals surface area contributed by atoms with Gasteiger partial charge in [-0.1, -0.05) is 29.8 Å². The number of benzene rings is 2. The first kappa shape index (κ1) is 20.2. The lowest BCUT2D eigenvalue weighted by Crippen LogP contribution is -2.37. The summed E-state index contributed by atoms with van der Waals surface area (Å²) in [4.78, 5) is 35.7. The fourth-order valence-corrected chi connectivity index (χ4v) is 2.76. The van der Waals surface area contributed by atoms with E-state index in [1.807, 2.05) is 0 Å². The number of aliphatic carboxylic acids is 1. The van der Waals surface area contributed by atoms with Gasteiger partial charge in [0.05, 0.1) is 10.6 Å². The molecule has 2 amide bonds. The van der Waals surface area contributed by atoms with Crippen LogP contribution in [0.3, 0.4) is 0 Å². The second kappa shape index (κ2) is 9.11. The molecular weight excluding hydrogens is 400 g/mol. The summed E-state index contributed by atoms with van der Waals surface area (Å²) in [7, 11) is 0. The predicted octanol–water partition coefficient (Wildman–Crippen LogP) is 1.10. The summed E-state index contributed by atoms with van der Waals surface area (Å²) in [5.74, 6) is -1.47. The lowest BCUT2D eigenvalue weighted by atomic mass is 10.1. The van der Waals surface area contributed by atoms with Crippen molar-refractivity contribution in [1.29, 1.82) is 0 Å². The van der Waals surface area contributed by atoms with Crippen molar-refractivity contribution in [2.45, 2.75) is 6.42 Å². The molecule has 1 aliphatic rings. The number of carboxylic acid groups (broad SMARTS) is 1. The number of halogens is 1. The van der Waals surface area contributed by atoms with Gasteiger partial charge in [0.15, 0.2) is 11.5 Å². The zero-order valence-electron chi connectivity index (χ0n) is 15.1. The Labute approximate surface area is 171 Å². The largest absolute Gasteiger partial charge is 0.550 e. The highest BCUT2D eigenvalue weighted by Crippen LogP contribution is 2.33. The molecule has 3 rings (SSSR count). The first-order valence-electron chi connectivity index (χ1n) is 8.59. The van der Waals surface area contributed by atoms with E-state index in [1.54, 1.807) is 36.4 Å². The van der Waals surface area contributed by atoms with Gasteiger partial charge in [-0.2, -0.15) is 0 Å². The van der Waals surface area contributed by atoms with Crippen molar-refractivity contribution in [1.82, 2.24) is 10.6 Å². The van der Waals surface area contributed by atoms with Crippen LogP contribution in [0.25, 0.3) is 6.08 Å². The number of carboxylic acids is 1. The number of hydrogen-bond donors (Lipinski definition) is 2. The Morgan fingerprint density at radius 2 is 1.86 bits per heavy atom. The van der Waals surface area contributed by atoms with Gasteiger partial charge in [0.25, 0.3) is 11.8 Å². The third kappa shape index (κ3) is 5.26. The molecule has 0 unspecified atom stereocenters. The van der Waals surface area contributed by atoms with Crippen molar-refractivity contribution in [3.8, 4) is 11.5 Å². The van der Waals surface area contributed by atoms with Crippen LogP contribution in [0.15, 0.2) is 48.2 Å². The van der Waals surface area contributed by atoms with E-state index in [9.17, 15) is 19.5 Å². The zero-order chi connectivity index (χ0) is 20.8. The highest BCUT2D eigenvalue weighted by Gasteiger charge is 2.18. The Balaban J connectivity index is 1.84. The number of fused-ring (bicyclic) bond motifs is 1. The van der Waals surface area contributed by atoms with Gasteiger partial charge in [-0.05, 0) is 35.9 Å². The van der Waals surface area contributed by atoms with Crippen LogP contribution in [0, 0.1) is 0 Å². The van der Waals surface area contributed by atoms with E-state index in [4.69, 9.17) is 21.1 Å². The molecule has 150 valence electrons. The summed E-state index contributed by atoms with van der Waals surface area (Å²) >= 11 is 6.04. The maximum atomic E-state index is 12.6. The van der Waals surface area contributed by atoms with Crippen LogP contribution >= 0.6 is 11.6 Å². The summed E-state index contributed by atoms with van der Waals surface area (Å²) in [5, 5.41) is 15.7. The molecule has 2 aromatic carbocycles. The SMILES string of the molecule is O=C([O-])CCNC(=O)/C(=C\c1ccc2c(c1)OCO2)NC(=O)c1ccccc1Cl. The summed E-state index contributed by atoms with van der Waals surface area (Å²) in [6.45, 7) is -0.0517. The van der Waals surface area contributed by atoms with Gasteiger partial charge in [0, 0.05) is 18.9 Å². The molecule has 29 heavy (non-hydrogen) atoms. The Bertz CT molecular complexity index is 989. The van der Waals surface area contributed by atoms with Gasteiger partial charge >= 0.3 is 0 Å². The number of carbonyl (C=O) groups excluding carboxylic acids is 3. The standard InChI is InChI=1S/C20H17ClN2O6/c21-14-4-2-1-3-13(14)19(26)23-15(20(27)22-8-7-18(24)25)9-12-5-6-16-17(10-12)29-11-28-16/h1-6,9-10H,7-8,11H2,(H,22,27)(H,23,26)(H,24,25)/p-1/b15-9+. The van der Waals surface area contributed by atoms with Gasteiger partial charge in [-0.25, -0.2) is 0 Å². The number of amides is 2. The van der Waals surface area contributed by atoms with Crippen LogP contribution in [0.5, 0.6) is 11.5 Å². The van der Waals surface area contributed by atoms with Gasteiger partial charge in [0.2, 0.25) is 6.79 Å². The Hall–Kier alpha value is -3.52. The molecule has 0 radical (unpaired) electrons.